The molecule has 2 atom stereocenters. The molecule has 1 saturated heterocycles. The van der Waals surface area contributed by atoms with Crippen LogP contribution in [0.2, 0.25) is 0 Å². The molecule has 1 aliphatic rings. The van der Waals surface area contributed by atoms with Gasteiger partial charge in [-0.05, 0) is 42.3 Å². The number of likely N-dealkylation sites (N-methyl/N-ethyl adjacent to an activating group) is 1. The van der Waals surface area contributed by atoms with Crippen molar-refractivity contribution < 1.29 is 32.3 Å². The standard InChI is InChI=1S/C21H19F3N4O4/c1-21(12-4-6-13(22)7-5-12)19(31)28(20(32)27-21)10-16(29)26-17(18(30)25-2)11-3-8-14(23)15(24)9-11/h3-9,17H,10H2,1-2H3,(H,25,30)(H,26,29)(H,27,32). The molecule has 0 saturated carbocycles. The van der Waals surface area contributed by atoms with E-state index in [2.05, 4.69) is 16.0 Å². The maximum absolute atomic E-state index is 13.6. The van der Waals surface area contributed by atoms with Gasteiger partial charge in [0.15, 0.2) is 11.6 Å². The number of carbonyl (C=O) groups is 4. The first kappa shape index (κ1) is 22.8. The van der Waals surface area contributed by atoms with Gasteiger partial charge in [-0.1, -0.05) is 18.2 Å². The third kappa shape index (κ3) is 4.27. The van der Waals surface area contributed by atoms with Crippen LogP contribution in [-0.2, 0) is 19.9 Å². The molecular weight excluding hydrogens is 429 g/mol. The maximum atomic E-state index is 13.6. The van der Waals surface area contributed by atoms with Crippen molar-refractivity contribution >= 4 is 23.8 Å². The van der Waals surface area contributed by atoms with E-state index >= 15 is 0 Å². The van der Waals surface area contributed by atoms with E-state index in [1.54, 1.807) is 0 Å². The molecule has 5 amide bonds. The SMILES string of the molecule is CNC(=O)C(NC(=O)CN1C(=O)NC(C)(c2ccc(F)cc2)C1=O)c1ccc(F)c(F)c1. The molecule has 0 aromatic heterocycles. The Morgan fingerprint density at radius 3 is 2.31 bits per heavy atom. The van der Waals surface area contributed by atoms with Crippen LogP contribution >= 0.6 is 0 Å². The molecule has 0 aliphatic carbocycles. The molecule has 0 radical (unpaired) electrons. The minimum absolute atomic E-state index is 0.0371. The number of rotatable bonds is 6. The molecule has 1 heterocycles. The van der Waals surface area contributed by atoms with E-state index in [1.807, 2.05) is 0 Å². The highest BCUT2D eigenvalue weighted by atomic mass is 19.2. The zero-order chi connectivity index (χ0) is 23.6. The third-order valence-corrected chi connectivity index (χ3v) is 5.09. The van der Waals surface area contributed by atoms with Crippen LogP contribution in [0.1, 0.15) is 24.1 Å². The first-order valence-electron chi connectivity index (χ1n) is 9.43. The van der Waals surface area contributed by atoms with Crippen LogP contribution in [0.25, 0.3) is 0 Å². The summed E-state index contributed by atoms with van der Waals surface area (Å²) in [6, 6.07) is 5.36. The Labute approximate surface area is 180 Å². The largest absolute Gasteiger partial charge is 0.357 e. The summed E-state index contributed by atoms with van der Waals surface area (Å²) >= 11 is 0. The molecule has 168 valence electrons. The van der Waals surface area contributed by atoms with E-state index in [0.717, 1.165) is 30.3 Å². The molecule has 32 heavy (non-hydrogen) atoms. The van der Waals surface area contributed by atoms with Gasteiger partial charge in [0.2, 0.25) is 11.8 Å². The summed E-state index contributed by atoms with van der Waals surface area (Å²) in [6.07, 6.45) is 0. The van der Waals surface area contributed by atoms with Crippen molar-refractivity contribution in [3.63, 3.8) is 0 Å². The highest BCUT2D eigenvalue weighted by molar-refractivity contribution is 6.09. The quantitative estimate of drug-likeness (QED) is 0.582. The van der Waals surface area contributed by atoms with Crippen LogP contribution in [0.4, 0.5) is 18.0 Å². The van der Waals surface area contributed by atoms with E-state index in [0.29, 0.717) is 10.5 Å². The number of imide groups is 1. The normalized spacial score (nSPS) is 18.8. The van der Waals surface area contributed by atoms with Crippen molar-refractivity contribution in [2.75, 3.05) is 13.6 Å². The maximum Gasteiger partial charge on any atom is 0.325 e. The van der Waals surface area contributed by atoms with Gasteiger partial charge >= 0.3 is 6.03 Å². The van der Waals surface area contributed by atoms with Crippen LogP contribution in [0.3, 0.4) is 0 Å². The van der Waals surface area contributed by atoms with Crippen LogP contribution < -0.4 is 16.0 Å². The number of nitrogens with zero attached hydrogens (tertiary/aromatic N) is 1. The predicted molar refractivity (Wildman–Crippen MR) is 105 cm³/mol. The van der Waals surface area contributed by atoms with E-state index in [9.17, 15) is 32.3 Å². The Kier molecular flexibility index (Phi) is 6.19. The fourth-order valence-corrected chi connectivity index (χ4v) is 3.31. The monoisotopic (exact) mass is 448 g/mol. The van der Waals surface area contributed by atoms with Crippen molar-refractivity contribution in [2.24, 2.45) is 0 Å². The van der Waals surface area contributed by atoms with Crippen LogP contribution in [-0.4, -0.2) is 42.2 Å². The average Bonchev–Trinajstić information content (AvgIpc) is 2.97. The number of hydrogen-bond donors (Lipinski definition) is 3. The average molecular weight is 448 g/mol. The summed E-state index contributed by atoms with van der Waals surface area (Å²) in [4.78, 5) is 50.7. The molecule has 1 fully saturated rings. The number of halogens is 3. The summed E-state index contributed by atoms with van der Waals surface area (Å²) < 4.78 is 40.0. The molecule has 3 N–H and O–H groups in total. The molecule has 0 spiro atoms. The molecule has 2 aromatic carbocycles. The summed E-state index contributed by atoms with van der Waals surface area (Å²) in [7, 11) is 1.28. The lowest BCUT2D eigenvalue weighted by Gasteiger charge is -2.22. The van der Waals surface area contributed by atoms with Gasteiger partial charge in [-0.25, -0.2) is 18.0 Å². The molecular formula is C21H19F3N4O4. The molecule has 2 unspecified atom stereocenters. The highest BCUT2D eigenvalue weighted by Gasteiger charge is 2.49. The second kappa shape index (κ2) is 8.69. The van der Waals surface area contributed by atoms with Crippen molar-refractivity contribution in [2.45, 2.75) is 18.5 Å². The lowest BCUT2D eigenvalue weighted by Crippen LogP contribution is -2.46. The fraction of sp³-hybridized carbons (Fsp3) is 0.238. The van der Waals surface area contributed by atoms with E-state index in [1.165, 1.54) is 26.1 Å². The van der Waals surface area contributed by atoms with Gasteiger partial charge in [-0.2, -0.15) is 0 Å². The summed E-state index contributed by atoms with van der Waals surface area (Å²) in [5, 5.41) is 7.07. The Bertz CT molecular complexity index is 1090. The Balaban J connectivity index is 1.78. The fourth-order valence-electron chi connectivity index (χ4n) is 3.31. The van der Waals surface area contributed by atoms with Gasteiger partial charge in [0.25, 0.3) is 5.91 Å². The minimum Gasteiger partial charge on any atom is -0.357 e. The van der Waals surface area contributed by atoms with Crippen molar-refractivity contribution in [3.8, 4) is 0 Å². The lowest BCUT2D eigenvalue weighted by atomic mass is 9.92. The minimum atomic E-state index is -1.52. The van der Waals surface area contributed by atoms with Crippen molar-refractivity contribution in [3.05, 3.63) is 71.0 Å². The van der Waals surface area contributed by atoms with Gasteiger partial charge in [-0.3, -0.25) is 19.3 Å². The Morgan fingerprint density at radius 1 is 1.06 bits per heavy atom. The van der Waals surface area contributed by atoms with Gasteiger partial charge in [0.1, 0.15) is 23.9 Å². The first-order valence-corrected chi connectivity index (χ1v) is 9.43. The second-order valence-corrected chi connectivity index (χ2v) is 7.24. The Hall–Kier alpha value is -3.89. The van der Waals surface area contributed by atoms with Crippen LogP contribution in [0, 0.1) is 17.5 Å². The van der Waals surface area contributed by atoms with E-state index in [-0.39, 0.29) is 5.56 Å². The highest BCUT2D eigenvalue weighted by Crippen LogP contribution is 2.29. The molecule has 11 heteroatoms. The van der Waals surface area contributed by atoms with E-state index in [4.69, 9.17) is 0 Å². The Morgan fingerprint density at radius 2 is 1.72 bits per heavy atom. The number of urea groups is 1. The number of nitrogens with one attached hydrogen (secondary N) is 3. The van der Waals surface area contributed by atoms with Crippen LogP contribution in [0.5, 0.6) is 0 Å². The zero-order valence-corrected chi connectivity index (χ0v) is 17.0. The summed E-state index contributed by atoms with van der Waals surface area (Å²) in [6.45, 7) is 0.672. The molecule has 8 nitrogen and oxygen atoms in total. The zero-order valence-electron chi connectivity index (χ0n) is 17.0. The predicted octanol–water partition coefficient (Wildman–Crippen LogP) is 1.47. The molecule has 3 rings (SSSR count). The van der Waals surface area contributed by atoms with Crippen LogP contribution in [0.15, 0.2) is 42.5 Å². The molecule has 0 bridgehead atoms. The van der Waals surface area contributed by atoms with Gasteiger partial charge < -0.3 is 16.0 Å². The molecule has 1 aliphatic heterocycles. The number of carbonyl (C=O) groups excluding carboxylic acids is 4. The van der Waals surface area contributed by atoms with Crippen molar-refractivity contribution in [1.29, 1.82) is 0 Å². The van der Waals surface area contributed by atoms with Crippen molar-refractivity contribution in [1.82, 2.24) is 20.9 Å². The number of hydrogen-bond acceptors (Lipinski definition) is 4. The van der Waals surface area contributed by atoms with Gasteiger partial charge in [0.05, 0.1) is 0 Å². The topological polar surface area (TPSA) is 108 Å². The smallest absolute Gasteiger partial charge is 0.325 e. The lowest BCUT2D eigenvalue weighted by molar-refractivity contribution is -0.135. The third-order valence-electron chi connectivity index (χ3n) is 5.09. The second-order valence-electron chi connectivity index (χ2n) is 7.24. The number of benzene rings is 2. The number of amides is 5. The van der Waals surface area contributed by atoms with Gasteiger partial charge in [-0.15, -0.1) is 0 Å². The first-order chi connectivity index (χ1) is 15.1. The summed E-state index contributed by atoms with van der Waals surface area (Å²) in [5.41, 5.74) is -1.25. The summed E-state index contributed by atoms with van der Waals surface area (Å²) in [5.74, 6) is -5.24. The van der Waals surface area contributed by atoms with E-state index < -0.39 is 59.3 Å². The molecule has 2 aromatic rings. The van der Waals surface area contributed by atoms with Gasteiger partial charge in [0, 0.05) is 7.05 Å².